The van der Waals surface area contributed by atoms with Gasteiger partial charge < -0.3 is 5.32 Å². The molecule has 0 saturated heterocycles. The Morgan fingerprint density at radius 3 is 2.91 bits per heavy atom. The van der Waals surface area contributed by atoms with Crippen LogP contribution in [-0.2, 0) is 11.3 Å². The lowest BCUT2D eigenvalue weighted by Gasteiger charge is -2.23. The van der Waals surface area contributed by atoms with Gasteiger partial charge in [-0.3, -0.25) is 9.69 Å². The summed E-state index contributed by atoms with van der Waals surface area (Å²) in [5.41, 5.74) is 1.17. The van der Waals surface area contributed by atoms with Crippen molar-refractivity contribution in [3.05, 3.63) is 50.6 Å². The van der Waals surface area contributed by atoms with E-state index in [9.17, 15) is 4.79 Å². The van der Waals surface area contributed by atoms with Crippen molar-refractivity contribution in [3.8, 4) is 6.07 Å². The highest BCUT2D eigenvalue weighted by molar-refractivity contribution is 9.10. The van der Waals surface area contributed by atoms with Crippen LogP contribution in [0.25, 0.3) is 0 Å². The summed E-state index contributed by atoms with van der Waals surface area (Å²) < 4.78 is 1.06. The van der Waals surface area contributed by atoms with Crippen molar-refractivity contribution >= 4 is 38.9 Å². The Balaban J connectivity index is 1.97. The zero-order valence-corrected chi connectivity index (χ0v) is 14.7. The average molecular weight is 378 g/mol. The average Bonchev–Trinajstić information content (AvgIpc) is 2.91. The second-order valence-electron chi connectivity index (χ2n) is 5.00. The van der Waals surface area contributed by atoms with Gasteiger partial charge in [0.25, 0.3) is 0 Å². The molecule has 0 aliphatic heterocycles. The molecule has 1 atom stereocenters. The highest BCUT2D eigenvalue weighted by Gasteiger charge is 2.18. The van der Waals surface area contributed by atoms with E-state index in [4.69, 9.17) is 5.26 Å². The maximum absolute atomic E-state index is 12.3. The Kier molecular flexibility index (Phi) is 5.72. The maximum atomic E-state index is 12.3. The molecule has 114 valence electrons. The number of hydrogen-bond acceptors (Lipinski definition) is 4. The van der Waals surface area contributed by atoms with Gasteiger partial charge >= 0.3 is 0 Å². The van der Waals surface area contributed by atoms with Gasteiger partial charge in [0.2, 0.25) is 5.91 Å². The number of carbonyl (C=O) groups is 1. The third-order valence-corrected chi connectivity index (χ3v) is 5.01. The van der Waals surface area contributed by atoms with Gasteiger partial charge in [0.1, 0.15) is 0 Å². The van der Waals surface area contributed by atoms with Gasteiger partial charge in [-0.2, -0.15) is 5.26 Å². The molecule has 1 amide bonds. The van der Waals surface area contributed by atoms with Crippen LogP contribution in [0, 0.1) is 11.3 Å². The van der Waals surface area contributed by atoms with Crippen molar-refractivity contribution in [1.82, 2.24) is 4.90 Å². The third-order valence-electron chi connectivity index (χ3n) is 3.33. The summed E-state index contributed by atoms with van der Waals surface area (Å²) in [4.78, 5) is 15.5. The number of amides is 1. The number of nitrogens with one attached hydrogen (secondary N) is 1. The van der Waals surface area contributed by atoms with E-state index in [0.29, 0.717) is 17.8 Å². The lowest BCUT2D eigenvalue weighted by molar-refractivity contribution is -0.120. The number of thiophene rings is 1. The van der Waals surface area contributed by atoms with E-state index < -0.39 is 0 Å². The molecule has 0 radical (unpaired) electrons. The van der Waals surface area contributed by atoms with Crippen LogP contribution in [-0.4, -0.2) is 23.9 Å². The van der Waals surface area contributed by atoms with Crippen LogP contribution in [0.5, 0.6) is 0 Å². The highest BCUT2D eigenvalue weighted by atomic mass is 79.9. The standard InChI is InChI=1S/C16H16BrN3OS/c1-11(20(2)9-15-7-13(17)10-22-15)16(21)19-14-5-3-4-12(6-14)8-18/h3-7,10-11H,9H2,1-2H3,(H,19,21)/t11-/m1/s1. The van der Waals surface area contributed by atoms with E-state index in [-0.39, 0.29) is 11.9 Å². The molecule has 1 N–H and O–H groups in total. The first-order valence-electron chi connectivity index (χ1n) is 6.74. The van der Waals surface area contributed by atoms with Crippen molar-refractivity contribution in [3.63, 3.8) is 0 Å². The summed E-state index contributed by atoms with van der Waals surface area (Å²) in [7, 11) is 1.92. The van der Waals surface area contributed by atoms with Crippen molar-refractivity contribution < 1.29 is 4.79 Å². The summed E-state index contributed by atoms with van der Waals surface area (Å²) >= 11 is 5.09. The fourth-order valence-corrected chi connectivity index (χ4v) is 3.45. The molecule has 0 spiro atoms. The Labute approximate surface area is 142 Å². The molecule has 0 bridgehead atoms. The summed E-state index contributed by atoms with van der Waals surface area (Å²) in [6.07, 6.45) is 0. The van der Waals surface area contributed by atoms with Crippen molar-refractivity contribution in [2.75, 3.05) is 12.4 Å². The zero-order chi connectivity index (χ0) is 16.1. The van der Waals surface area contributed by atoms with Crippen molar-refractivity contribution in [1.29, 1.82) is 5.26 Å². The number of likely N-dealkylation sites (N-methyl/N-ethyl adjacent to an activating group) is 1. The van der Waals surface area contributed by atoms with Crippen LogP contribution in [0.1, 0.15) is 17.4 Å². The van der Waals surface area contributed by atoms with Gasteiger partial charge in [-0.1, -0.05) is 6.07 Å². The predicted octanol–water partition coefficient (Wildman–Crippen LogP) is 3.84. The lowest BCUT2D eigenvalue weighted by Crippen LogP contribution is -2.39. The molecule has 1 aromatic heterocycles. The van der Waals surface area contributed by atoms with Gasteiger partial charge in [0.05, 0.1) is 17.7 Å². The second kappa shape index (κ2) is 7.54. The molecule has 4 nitrogen and oxygen atoms in total. The molecule has 0 fully saturated rings. The summed E-state index contributed by atoms with van der Waals surface area (Å²) in [5.74, 6) is -0.0896. The van der Waals surface area contributed by atoms with E-state index in [1.807, 2.05) is 24.3 Å². The van der Waals surface area contributed by atoms with Gasteiger partial charge in [0, 0.05) is 27.0 Å². The molecule has 0 aliphatic carbocycles. The van der Waals surface area contributed by atoms with Gasteiger partial charge in [-0.15, -0.1) is 11.3 Å². The number of rotatable bonds is 5. The predicted molar refractivity (Wildman–Crippen MR) is 92.7 cm³/mol. The number of anilines is 1. The summed E-state index contributed by atoms with van der Waals surface area (Å²) in [6, 6.07) is 10.8. The minimum atomic E-state index is -0.272. The fourth-order valence-electron chi connectivity index (χ4n) is 1.93. The Morgan fingerprint density at radius 1 is 1.50 bits per heavy atom. The molecule has 6 heteroatoms. The quantitative estimate of drug-likeness (QED) is 0.860. The molecular formula is C16H16BrN3OS. The zero-order valence-electron chi connectivity index (χ0n) is 12.3. The van der Waals surface area contributed by atoms with Gasteiger partial charge in [-0.25, -0.2) is 0 Å². The molecule has 2 aromatic rings. The van der Waals surface area contributed by atoms with Crippen LogP contribution in [0.3, 0.4) is 0 Å². The maximum Gasteiger partial charge on any atom is 0.241 e. The Morgan fingerprint density at radius 2 is 2.27 bits per heavy atom. The van der Waals surface area contributed by atoms with Crippen LogP contribution >= 0.6 is 27.3 Å². The third kappa shape index (κ3) is 4.41. The van der Waals surface area contributed by atoms with Gasteiger partial charge in [-0.05, 0) is 54.2 Å². The van der Waals surface area contributed by atoms with Crippen LogP contribution in [0.4, 0.5) is 5.69 Å². The SMILES string of the molecule is C[C@H](C(=O)Nc1cccc(C#N)c1)N(C)Cc1cc(Br)cs1. The lowest BCUT2D eigenvalue weighted by atomic mass is 10.2. The van der Waals surface area contributed by atoms with Gasteiger partial charge in [0.15, 0.2) is 0 Å². The first kappa shape index (κ1) is 16.7. The number of nitrogens with zero attached hydrogens (tertiary/aromatic N) is 2. The Hall–Kier alpha value is -1.68. The topological polar surface area (TPSA) is 56.1 Å². The molecule has 1 aromatic carbocycles. The van der Waals surface area contributed by atoms with E-state index >= 15 is 0 Å². The monoisotopic (exact) mass is 377 g/mol. The van der Waals surface area contributed by atoms with E-state index in [2.05, 4.69) is 33.4 Å². The fraction of sp³-hybridized carbons (Fsp3) is 0.250. The highest BCUT2D eigenvalue weighted by Crippen LogP contribution is 2.21. The minimum Gasteiger partial charge on any atom is -0.325 e. The number of benzene rings is 1. The number of halogens is 1. The van der Waals surface area contributed by atoms with Crippen LogP contribution < -0.4 is 5.32 Å². The first-order chi connectivity index (χ1) is 10.5. The van der Waals surface area contributed by atoms with Crippen LogP contribution in [0.15, 0.2) is 40.2 Å². The molecule has 22 heavy (non-hydrogen) atoms. The first-order valence-corrected chi connectivity index (χ1v) is 8.41. The molecule has 2 rings (SSSR count). The Bertz CT molecular complexity index is 707. The van der Waals surface area contributed by atoms with Crippen molar-refractivity contribution in [2.24, 2.45) is 0 Å². The minimum absolute atomic E-state index is 0.0896. The molecule has 0 aliphatic rings. The number of carbonyl (C=O) groups excluding carboxylic acids is 1. The number of hydrogen-bond donors (Lipinski definition) is 1. The number of nitriles is 1. The van der Waals surface area contributed by atoms with Crippen molar-refractivity contribution in [2.45, 2.75) is 19.5 Å². The summed E-state index contributed by atoms with van der Waals surface area (Å²) in [6.45, 7) is 2.58. The molecule has 1 heterocycles. The van der Waals surface area contributed by atoms with E-state index in [1.54, 1.807) is 35.6 Å². The largest absolute Gasteiger partial charge is 0.325 e. The van der Waals surface area contributed by atoms with E-state index in [1.165, 1.54) is 4.88 Å². The van der Waals surface area contributed by atoms with E-state index in [0.717, 1.165) is 4.47 Å². The molecule has 0 saturated carbocycles. The van der Waals surface area contributed by atoms with Crippen LogP contribution in [0.2, 0.25) is 0 Å². The normalized spacial score (nSPS) is 12.0. The molecular weight excluding hydrogens is 362 g/mol. The summed E-state index contributed by atoms with van der Waals surface area (Å²) in [5, 5.41) is 13.8. The smallest absolute Gasteiger partial charge is 0.241 e. The second-order valence-corrected chi connectivity index (χ2v) is 6.92. The molecule has 0 unspecified atom stereocenters.